The fourth-order valence-electron chi connectivity index (χ4n) is 2.89. The summed E-state index contributed by atoms with van der Waals surface area (Å²) in [6.45, 7) is 6.18. The van der Waals surface area contributed by atoms with Crippen LogP contribution in [-0.4, -0.2) is 11.9 Å². The average molecular weight is 284 g/mol. The van der Waals surface area contributed by atoms with Gasteiger partial charge >= 0.3 is 0 Å². The topological polar surface area (TPSA) is 38.7 Å². The third kappa shape index (κ3) is 2.09. The zero-order valence-corrected chi connectivity index (χ0v) is 12.6. The molecule has 0 bridgehead atoms. The summed E-state index contributed by atoms with van der Waals surface area (Å²) >= 11 is 0. The van der Waals surface area contributed by atoms with Crippen molar-refractivity contribution in [2.75, 3.05) is 6.79 Å². The van der Waals surface area contributed by atoms with Crippen LogP contribution >= 0.6 is 0 Å². The Balaban J connectivity index is 2.35. The molecular weight excluding hydrogens is 264 g/mol. The first-order valence-corrected chi connectivity index (χ1v) is 7.11. The third-order valence-corrected chi connectivity index (χ3v) is 4.07. The van der Waals surface area contributed by atoms with Crippen LogP contribution in [0.25, 0.3) is 0 Å². The van der Waals surface area contributed by atoms with Gasteiger partial charge in [-0.25, -0.2) is 0 Å². The van der Waals surface area contributed by atoms with Crippen LogP contribution < -0.4 is 9.47 Å². The van der Waals surface area contributed by atoms with Crippen molar-refractivity contribution in [1.29, 1.82) is 0 Å². The largest absolute Gasteiger partial charge is 0.457 e. The molecular formula is C18H20O3. The van der Waals surface area contributed by atoms with Crippen LogP contribution in [0, 0.1) is 5.41 Å². The Morgan fingerprint density at radius 2 is 1.29 bits per heavy atom. The Kier molecular flexibility index (Phi) is 3.18. The van der Waals surface area contributed by atoms with E-state index in [0.717, 1.165) is 11.1 Å². The van der Waals surface area contributed by atoms with Gasteiger partial charge < -0.3 is 14.6 Å². The van der Waals surface area contributed by atoms with Crippen LogP contribution in [0.4, 0.5) is 0 Å². The lowest BCUT2D eigenvalue weighted by Gasteiger charge is -2.43. The molecule has 0 saturated carbocycles. The molecule has 0 amide bonds. The Hall–Kier alpha value is -2.00. The first-order chi connectivity index (χ1) is 9.94. The van der Waals surface area contributed by atoms with Crippen molar-refractivity contribution in [3.8, 4) is 11.5 Å². The van der Waals surface area contributed by atoms with Gasteiger partial charge in [0.05, 0.1) is 0 Å². The maximum Gasteiger partial charge on any atom is 0.230 e. The molecule has 0 atom stereocenters. The van der Waals surface area contributed by atoms with Gasteiger partial charge in [0.2, 0.25) is 6.79 Å². The van der Waals surface area contributed by atoms with E-state index in [1.165, 1.54) is 0 Å². The molecule has 1 aliphatic heterocycles. The minimum atomic E-state index is -1.19. The van der Waals surface area contributed by atoms with Gasteiger partial charge in [0.15, 0.2) is 0 Å². The Morgan fingerprint density at radius 3 is 1.71 bits per heavy atom. The van der Waals surface area contributed by atoms with E-state index in [4.69, 9.17) is 9.47 Å². The Morgan fingerprint density at radius 1 is 0.857 bits per heavy atom. The molecule has 2 aromatic carbocycles. The molecule has 1 heterocycles. The molecule has 1 aliphatic rings. The summed E-state index contributed by atoms with van der Waals surface area (Å²) in [5.41, 5.74) is -0.0781. The van der Waals surface area contributed by atoms with Gasteiger partial charge in [0.1, 0.15) is 17.1 Å². The maximum atomic E-state index is 11.7. The van der Waals surface area contributed by atoms with Crippen LogP contribution in [-0.2, 0) is 5.60 Å². The molecule has 0 radical (unpaired) electrons. The lowest BCUT2D eigenvalue weighted by Crippen LogP contribution is -2.42. The van der Waals surface area contributed by atoms with Crippen molar-refractivity contribution in [2.24, 2.45) is 5.41 Å². The van der Waals surface area contributed by atoms with E-state index in [9.17, 15) is 5.11 Å². The predicted molar refractivity (Wildman–Crippen MR) is 81.5 cm³/mol. The van der Waals surface area contributed by atoms with E-state index >= 15 is 0 Å². The van der Waals surface area contributed by atoms with Gasteiger partial charge in [-0.3, -0.25) is 0 Å². The van der Waals surface area contributed by atoms with E-state index in [0.29, 0.717) is 11.5 Å². The van der Waals surface area contributed by atoms with Gasteiger partial charge in [-0.2, -0.15) is 0 Å². The van der Waals surface area contributed by atoms with Crippen molar-refractivity contribution in [3.63, 3.8) is 0 Å². The molecule has 0 aliphatic carbocycles. The van der Waals surface area contributed by atoms with Gasteiger partial charge in [-0.15, -0.1) is 0 Å². The second-order valence-electron chi connectivity index (χ2n) is 6.36. The molecule has 1 N–H and O–H groups in total. The zero-order chi connectivity index (χ0) is 15.1. The van der Waals surface area contributed by atoms with Crippen LogP contribution in [0.5, 0.6) is 11.5 Å². The summed E-state index contributed by atoms with van der Waals surface area (Å²) in [5.74, 6) is 1.31. The van der Waals surface area contributed by atoms with Crippen molar-refractivity contribution in [1.82, 2.24) is 0 Å². The van der Waals surface area contributed by atoms with Crippen molar-refractivity contribution in [3.05, 3.63) is 59.7 Å². The van der Waals surface area contributed by atoms with E-state index in [2.05, 4.69) is 0 Å². The number of hydrogen-bond acceptors (Lipinski definition) is 3. The molecule has 3 rings (SSSR count). The first-order valence-electron chi connectivity index (χ1n) is 7.11. The second-order valence-corrected chi connectivity index (χ2v) is 6.36. The summed E-state index contributed by atoms with van der Waals surface area (Å²) < 4.78 is 11.4. The summed E-state index contributed by atoms with van der Waals surface area (Å²) in [7, 11) is 0. The predicted octanol–water partition coefficient (Wildman–Crippen LogP) is 3.70. The van der Waals surface area contributed by atoms with E-state index in [1.54, 1.807) is 0 Å². The molecule has 0 fully saturated rings. The van der Waals surface area contributed by atoms with Crippen molar-refractivity contribution in [2.45, 2.75) is 26.4 Å². The Labute approximate surface area is 125 Å². The number of aliphatic hydroxyl groups is 1. The van der Waals surface area contributed by atoms with Gasteiger partial charge in [-0.05, 0) is 17.5 Å². The van der Waals surface area contributed by atoms with Crippen molar-refractivity contribution < 1.29 is 14.6 Å². The van der Waals surface area contributed by atoms with Crippen LogP contribution in [0.1, 0.15) is 31.9 Å². The fraction of sp³-hybridized carbons (Fsp3) is 0.333. The fourth-order valence-corrected chi connectivity index (χ4v) is 2.89. The number of hydrogen-bond donors (Lipinski definition) is 1. The minimum Gasteiger partial charge on any atom is -0.457 e. The van der Waals surface area contributed by atoms with Gasteiger partial charge in [0.25, 0.3) is 0 Å². The molecule has 0 aromatic heterocycles. The van der Waals surface area contributed by atoms with Crippen LogP contribution in [0.2, 0.25) is 0 Å². The quantitative estimate of drug-likeness (QED) is 0.801. The summed E-state index contributed by atoms with van der Waals surface area (Å²) in [6, 6.07) is 15.2. The maximum absolute atomic E-state index is 11.7. The number of fused-ring (bicyclic) bond motifs is 2. The Bertz CT molecular complexity index is 608. The highest BCUT2D eigenvalue weighted by Crippen LogP contribution is 2.50. The molecule has 3 nitrogen and oxygen atoms in total. The monoisotopic (exact) mass is 284 g/mol. The molecule has 0 spiro atoms. The smallest absolute Gasteiger partial charge is 0.230 e. The number of benzene rings is 2. The summed E-state index contributed by atoms with van der Waals surface area (Å²) in [6.07, 6.45) is 0. The lowest BCUT2D eigenvalue weighted by molar-refractivity contribution is -0.0373. The molecule has 0 unspecified atom stereocenters. The SMILES string of the molecule is CC(C)(C)C1(O)c2ccccc2OCOc2ccccc21. The zero-order valence-electron chi connectivity index (χ0n) is 12.6. The number of rotatable bonds is 0. The summed E-state index contributed by atoms with van der Waals surface area (Å²) in [5, 5.41) is 11.7. The van der Waals surface area contributed by atoms with Gasteiger partial charge in [-0.1, -0.05) is 57.2 Å². The van der Waals surface area contributed by atoms with Crippen molar-refractivity contribution >= 4 is 0 Å². The number of para-hydroxylation sites is 2. The van der Waals surface area contributed by atoms with Crippen LogP contribution in [0.3, 0.4) is 0 Å². The van der Waals surface area contributed by atoms with Crippen LogP contribution in [0.15, 0.2) is 48.5 Å². The van der Waals surface area contributed by atoms with Gasteiger partial charge in [0, 0.05) is 11.1 Å². The highest BCUT2D eigenvalue weighted by molar-refractivity contribution is 5.51. The molecule has 3 heteroatoms. The first kappa shape index (κ1) is 14.0. The summed E-state index contributed by atoms with van der Waals surface area (Å²) in [4.78, 5) is 0. The minimum absolute atomic E-state index is 0.133. The normalized spacial score (nSPS) is 16.6. The van der Waals surface area contributed by atoms with E-state index in [-0.39, 0.29) is 6.79 Å². The third-order valence-electron chi connectivity index (χ3n) is 4.07. The van der Waals surface area contributed by atoms with E-state index < -0.39 is 11.0 Å². The highest BCUT2D eigenvalue weighted by Gasteiger charge is 2.47. The average Bonchev–Trinajstić information content (AvgIpc) is 2.45. The molecule has 110 valence electrons. The molecule has 2 aromatic rings. The molecule has 0 saturated heterocycles. The standard InChI is InChI=1S/C18H20O3/c1-17(2,3)18(19)13-8-4-6-10-15(13)20-12-21-16-11-7-5-9-14(16)18/h4-11,19H,12H2,1-3H3. The van der Waals surface area contributed by atoms with E-state index in [1.807, 2.05) is 69.3 Å². The highest BCUT2D eigenvalue weighted by atomic mass is 16.7. The second kappa shape index (κ2) is 4.78. The molecule has 21 heavy (non-hydrogen) atoms. The lowest BCUT2D eigenvalue weighted by atomic mass is 9.67. The number of ether oxygens (including phenoxy) is 2.